The van der Waals surface area contributed by atoms with Gasteiger partial charge in [0, 0.05) is 16.2 Å². The van der Waals surface area contributed by atoms with E-state index in [4.69, 9.17) is 81.2 Å². The van der Waals surface area contributed by atoms with E-state index in [-0.39, 0.29) is 5.02 Å². The first kappa shape index (κ1) is 18.5. The Morgan fingerprint density at radius 3 is 2.09 bits per heavy atom. The normalized spacial score (nSPS) is 13.0. The maximum Gasteiger partial charge on any atom is 0.214 e. The third kappa shape index (κ3) is 4.61. The van der Waals surface area contributed by atoms with Crippen LogP contribution in [0.5, 0.6) is 0 Å². The van der Waals surface area contributed by atoms with Gasteiger partial charge >= 0.3 is 0 Å². The van der Waals surface area contributed by atoms with Gasteiger partial charge in [-0.05, 0) is 23.8 Å². The summed E-state index contributed by atoms with van der Waals surface area (Å²) in [6.07, 6.45) is 1.43. The van der Waals surface area contributed by atoms with Crippen molar-refractivity contribution in [1.82, 2.24) is 4.98 Å². The Morgan fingerprint density at radius 1 is 0.909 bits per heavy atom. The molecule has 0 aliphatic heterocycles. The third-order valence-corrected chi connectivity index (χ3v) is 4.40. The highest BCUT2D eigenvalue weighted by Crippen LogP contribution is 2.44. The maximum absolute atomic E-state index is 6.19. The number of halogens is 7. The van der Waals surface area contributed by atoms with Crippen LogP contribution in [0.3, 0.4) is 0 Å². The molecule has 0 aliphatic carbocycles. The Labute approximate surface area is 162 Å². The lowest BCUT2D eigenvalue weighted by atomic mass is 10.1. The van der Waals surface area contributed by atoms with Crippen LogP contribution in [0.15, 0.2) is 30.5 Å². The molecule has 0 saturated heterocycles. The summed E-state index contributed by atoms with van der Waals surface area (Å²) in [4.78, 5) is 4.08. The van der Waals surface area contributed by atoms with Crippen molar-refractivity contribution in [3.8, 4) is 0 Å². The van der Waals surface area contributed by atoms with E-state index in [1.54, 1.807) is 18.2 Å². The van der Waals surface area contributed by atoms with Crippen molar-refractivity contribution in [3.05, 3.63) is 56.1 Å². The summed E-state index contributed by atoms with van der Waals surface area (Å²) in [6.45, 7) is 0. The Balaban J connectivity index is 2.43. The fourth-order valence-corrected chi connectivity index (χ4v) is 3.20. The molecule has 1 heterocycles. The number of nitrogens with one attached hydrogen (secondary N) is 1. The molecule has 0 fully saturated rings. The van der Waals surface area contributed by atoms with Crippen molar-refractivity contribution in [2.24, 2.45) is 0 Å². The number of pyridine rings is 1. The molecule has 0 spiro atoms. The molecule has 0 bridgehead atoms. The number of hydrogen-bond acceptors (Lipinski definition) is 2. The van der Waals surface area contributed by atoms with Crippen molar-refractivity contribution in [2.75, 3.05) is 5.32 Å². The van der Waals surface area contributed by atoms with Crippen LogP contribution >= 0.6 is 81.2 Å². The Kier molecular flexibility index (Phi) is 6.23. The van der Waals surface area contributed by atoms with E-state index in [0.29, 0.717) is 26.4 Å². The van der Waals surface area contributed by atoms with Crippen molar-refractivity contribution in [2.45, 2.75) is 9.83 Å². The van der Waals surface area contributed by atoms with Gasteiger partial charge in [-0.25, -0.2) is 4.98 Å². The van der Waals surface area contributed by atoms with Gasteiger partial charge in [0.15, 0.2) is 0 Å². The number of anilines is 1. The molecular formula is C13H7Cl7N2. The van der Waals surface area contributed by atoms with Crippen LogP contribution in [-0.4, -0.2) is 8.78 Å². The Morgan fingerprint density at radius 2 is 1.55 bits per heavy atom. The van der Waals surface area contributed by atoms with Gasteiger partial charge in [0.05, 0.1) is 10.0 Å². The molecule has 1 atom stereocenters. The molecule has 2 rings (SSSR count). The topological polar surface area (TPSA) is 24.9 Å². The Bertz CT molecular complexity index is 685. The molecule has 1 unspecified atom stereocenters. The number of rotatable bonds is 3. The minimum absolute atomic E-state index is 0.289. The quantitative estimate of drug-likeness (QED) is 0.511. The zero-order valence-electron chi connectivity index (χ0n) is 10.6. The number of nitrogens with zero attached hydrogens (tertiary/aromatic N) is 1. The number of benzene rings is 1. The molecule has 1 N–H and O–H groups in total. The molecule has 0 radical (unpaired) electrons. The average Bonchev–Trinajstić information content (AvgIpc) is 2.37. The van der Waals surface area contributed by atoms with E-state index in [1.807, 2.05) is 0 Å². The number of hydrogen-bond donors (Lipinski definition) is 1. The summed E-state index contributed by atoms with van der Waals surface area (Å²) in [5, 5.41) is 4.47. The van der Waals surface area contributed by atoms with Crippen LogP contribution in [-0.2, 0) is 0 Å². The van der Waals surface area contributed by atoms with Gasteiger partial charge in [-0.15, -0.1) is 0 Å². The lowest BCUT2D eigenvalue weighted by Gasteiger charge is -2.27. The summed E-state index contributed by atoms with van der Waals surface area (Å²) in [6, 6.07) is 5.59. The van der Waals surface area contributed by atoms with E-state index < -0.39 is 9.83 Å². The van der Waals surface area contributed by atoms with Crippen molar-refractivity contribution >= 4 is 87.0 Å². The molecule has 0 aliphatic rings. The van der Waals surface area contributed by atoms with Crippen LogP contribution in [0, 0.1) is 0 Å². The highest BCUT2D eigenvalue weighted by molar-refractivity contribution is 6.68. The first-order valence-electron chi connectivity index (χ1n) is 5.77. The van der Waals surface area contributed by atoms with Crippen molar-refractivity contribution in [3.63, 3.8) is 0 Å². The zero-order chi connectivity index (χ0) is 16.5. The SMILES string of the molecule is Clc1ccc(C(Nc2ncc(Cl)cc2Cl)C(Cl)(Cl)Cl)c(Cl)c1. The fraction of sp³-hybridized carbons (Fsp3) is 0.154. The molecule has 9 heteroatoms. The van der Waals surface area contributed by atoms with Crippen LogP contribution in [0.4, 0.5) is 5.82 Å². The first-order valence-corrected chi connectivity index (χ1v) is 8.42. The molecule has 22 heavy (non-hydrogen) atoms. The second-order valence-electron chi connectivity index (χ2n) is 4.27. The molecule has 1 aromatic carbocycles. The van der Waals surface area contributed by atoms with Crippen LogP contribution in [0.2, 0.25) is 20.1 Å². The maximum atomic E-state index is 6.19. The van der Waals surface area contributed by atoms with Gasteiger partial charge in [-0.1, -0.05) is 87.3 Å². The van der Waals surface area contributed by atoms with Gasteiger partial charge in [0.1, 0.15) is 11.9 Å². The monoisotopic (exact) mass is 436 g/mol. The summed E-state index contributed by atoms with van der Waals surface area (Å²) >= 11 is 42.1. The fourth-order valence-electron chi connectivity index (χ4n) is 1.73. The van der Waals surface area contributed by atoms with Crippen molar-refractivity contribution in [1.29, 1.82) is 0 Å². The average molecular weight is 439 g/mol. The second-order valence-corrected chi connectivity index (χ2v) is 8.32. The minimum Gasteiger partial charge on any atom is -0.358 e. The summed E-state index contributed by atoms with van der Waals surface area (Å²) in [7, 11) is 0. The lowest BCUT2D eigenvalue weighted by molar-refractivity contribution is 0.800. The van der Waals surface area contributed by atoms with Crippen LogP contribution < -0.4 is 5.32 Å². The molecular weight excluding hydrogens is 432 g/mol. The molecule has 0 saturated carbocycles. The van der Waals surface area contributed by atoms with E-state index in [2.05, 4.69) is 10.3 Å². The standard InChI is InChI=1S/C13H7Cl7N2/c14-6-1-2-8(9(16)3-6)11(13(18,19)20)22-12-10(17)4-7(15)5-21-12/h1-5,11H,(H,21,22). The first-order chi connectivity index (χ1) is 10.2. The second kappa shape index (κ2) is 7.40. The molecule has 2 nitrogen and oxygen atoms in total. The number of aromatic nitrogens is 1. The van der Waals surface area contributed by atoms with Crippen molar-refractivity contribution < 1.29 is 0 Å². The smallest absolute Gasteiger partial charge is 0.214 e. The molecule has 1 aromatic heterocycles. The summed E-state index contributed by atoms with van der Waals surface area (Å²) in [5.74, 6) is 0.313. The van der Waals surface area contributed by atoms with Crippen LogP contribution in [0.1, 0.15) is 11.6 Å². The largest absolute Gasteiger partial charge is 0.358 e. The van der Waals surface area contributed by atoms with Gasteiger partial charge in [0.25, 0.3) is 0 Å². The molecule has 0 amide bonds. The van der Waals surface area contributed by atoms with Gasteiger partial charge in [0.2, 0.25) is 3.79 Å². The zero-order valence-corrected chi connectivity index (χ0v) is 15.8. The van der Waals surface area contributed by atoms with Gasteiger partial charge in [-0.3, -0.25) is 0 Å². The van der Waals surface area contributed by atoms with Gasteiger partial charge in [-0.2, -0.15) is 0 Å². The van der Waals surface area contributed by atoms with E-state index in [0.717, 1.165) is 0 Å². The highest BCUT2D eigenvalue weighted by Gasteiger charge is 2.36. The minimum atomic E-state index is -1.71. The molecule has 118 valence electrons. The predicted octanol–water partition coefficient (Wildman–Crippen LogP) is 7.22. The van der Waals surface area contributed by atoms with E-state index in [1.165, 1.54) is 12.3 Å². The Hall–Kier alpha value is 0.200. The van der Waals surface area contributed by atoms with E-state index >= 15 is 0 Å². The van der Waals surface area contributed by atoms with E-state index in [9.17, 15) is 0 Å². The highest BCUT2D eigenvalue weighted by atomic mass is 35.6. The molecule has 2 aromatic rings. The summed E-state index contributed by atoms with van der Waals surface area (Å²) < 4.78 is -1.71. The third-order valence-electron chi connectivity index (χ3n) is 2.69. The lowest BCUT2D eigenvalue weighted by Crippen LogP contribution is -2.26. The summed E-state index contributed by atoms with van der Waals surface area (Å²) in [5.41, 5.74) is 0.541. The van der Waals surface area contributed by atoms with Gasteiger partial charge < -0.3 is 5.32 Å². The number of alkyl halides is 3. The van der Waals surface area contributed by atoms with Crippen LogP contribution in [0.25, 0.3) is 0 Å². The predicted molar refractivity (Wildman–Crippen MR) is 97.4 cm³/mol.